The minimum absolute atomic E-state index is 0.391. The van der Waals surface area contributed by atoms with Gasteiger partial charge < -0.3 is 0 Å². The van der Waals surface area contributed by atoms with Crippen LogP contribution >= 0.6 is 0 Å². The summed E-state index contributed by atoms with van der Waals surface area (Å²) in [5.74, 6) is 0. The zero-order valence-corrected chi connectivity index (χ0v) is 11.0. The molecule has 0 aliphatic carbocycles. The number of allylic oxidation sites excluding steroid dienone is 2. The molecule has 0 atom stereocenters. The minimum Gasteiger partial charge on any atom is -0.0885 e. The maximum Gasteiger partial charge on any atom is -0.0271 e. The van der Waals surface area contributed by atoms with E-state index in [1.807, 2.05) is 0 Å². The molecule has 0 rings (SSSR count). The molecule has 0 saturated carbocycles. The number of unbranched alkanes of at least 4 members (excludes halogenated alkanes) is 2. The Kier molecular flexibility index (Phi) is 5.48. The second-order valence-electron chi connectivity index (χ2n) is 5.95. The van der Waals surface area contributed by atoms with Crippen LogP contribution in [0.1, 0.15) is 67.2 Å². The third kappa shape index (κ3) is 4.83. The average Bonchev–Trinajstić information content (AvgIpc) is 2.02. The average molecular weight is 196 g/mol. The Balaban J connectivity index is 3.93. The highest BCUT2D eigenvalue weighted by Crippen LogP contribution is 2.40. The van der Waals surface area contributed by atoms with Gasteiger partial charge in [-0.05, 0) is 23.7 Å². The van der Waals surface area contributed by atoms with Crippen LogP contribution in [0, 0.1) is 10.8 Å². The van der Waals surface area contributed by atoms with E-state index in [-0.39, 0.29) is 0 Å². The zero-order valence-electron chi connectivity index (χ0n) is 11.0. The van der Waals surface area contributed by atoms with Crippen LogP contribution < -0.4 is 0 Å². The lowest BCUT2D eigenvalue weighted by molar-refractivity contribution is 0.135. The van der Waals surface area contributed by atoms with Crippen LogP contribution in [-0.2, 0) is 0 Å². The van der Waals surface area contributed by atoms with Crippen molar-refractivity contribution in [2.75, 3.05) is 0 Å². The fourth-order valence-corrected chi connectivity index (χ4v) is 1.12. The van der Waals surface area contributed by atoms with Gasteiger partial charge in [-0.1, -0.05) is 66.5 Å². The molecule has 0 heterocycles. The lowest BCUT2D eigenvalue weighted by Crippen LogP contribution is -2.28. The lowest BCUT2D eigenvalue weighted by atomic mass is 9.67. The van der Waals surface area contributed by atoms with Gasteiger partial charge in [0.25, 0.3) is 0 Å². The Labute approximate surface area is 90.8 Å². The smallest absolute Gasteiger partial charge is 0.0271 e. The Morgan fingerprint density at radius 3 is 1.93 bits per heavy atom. The summed E-state index contributed by atoms with van der Waals surface area (Å²) < 4.78 is 0. The first-order valence-corrected chi connectivity index (χ1v) is 5.96. The normalized spacial score (nSPS) is 13.9. The van der Waals surface area contributed by atoms with E-state index in [2.05, 4.69) is 53.7 Å². The molecule has 0 aliphatic heterocycles. The predicted octanol–water partition coefficient (Wildman–Crippen LogP) is 5.20. The summed E-state index contributed by atoms with van der Waals surface area (Å²) in [6.45, 7) is 13.9. The van der Waals surface area contributed by atoms with E-state index >= 15 is 0 Å². The van der Waals surface area contributed by atoms with Crippen LogP contribution in [-0.4, -0.2) is 0 Å². The molecule has 0 radical (unpaired) electrons. The lowest BCUT2D eigenvalue weighted by Gasteiger charge is -2.38. The molecular formula is C14H28. The molecule has 0 unspecified atom stereocenters. The second kappa shape index (κ2) is 5.58. The monoisotopic (exact) mass is 196 g/mol. The third-order valence-electron chi connectivity index (χ3n) is 3.55. The molecular weight excluding hydrogens is 168 g/mol. The summed E-state index contributed by atoms with van der Waals surface area (Å²) in [6, 6.07) is 0. The maximum atomic E-state index is 2.36. The molecule has 0 aromatic rings. The molecule has 0 N–H and O–H groups in total. The summed E-state index contributed by atoms with van der Waals surface area (Å²) in [5.41, 5.74) is 0.789. The van der Waals surface area contributed by atoms with Crippen molar-refractivity contribution in [2.45, 2.75) is 67.2 Å². The highest BCUT2D eigenvalue weighted by molar-refractivity contribution is 4.92. The Hall–Kier alpha value is -0.260. The van der Waals surface area contributed by atoms with Crippen LogP contribution in [0.4, 0.5) is 0 Å². The van der Waals surface area contributed by atoms with Gasteiger partial charge in [-0.3, -0.25) is 0 Å². The first-order valence-electron chi connectivity index (χ1n) is 5.96. The summed E-state index contributed by atoms with van der Waals surface area (Å²) in [6.07, 6.45) is 9.77. The van der Waals surface area contributed by atoms with Gasteiger partial charge in [0.1, 0.15) is 0 Å². The molecule has 0 aromatic carbocycles. The van der Waals surface area contributed by atoms with Crippen LogP contribution in [0.15, 0.2) is 12.2 Å². The van der Waals surface area contributed by atoms with E-state index in [9.17, 15) is 0 Å². The van der Waals surface area contributed by atoms with Gasteiger partial charge in [0.15, 0.2) is 0 Å². The predicted molar refractivity (Wildman–Crippen MR) is 66.5 cm³/mol. The van der Waals surface area contributed by atoms with E-state index < -0.39 is 0 Å². The molecule has 84 valence electrons. The molecule has 14 heavy (non-hydrogen) atoms. The first kappa shape index (κ1) is 13.7. The molecule has 0 nitrogen and oxygen atoms in total. The summed E-state index contributed by atoms with van der Waals surface area (Å²) >= 11 is 0. The van der Waals surface area contributed by atoms with Gasteiger partial charge in [-0.2, -0.15) is 0 Å². The topological polar surface area (TPSA) is 0 Å². The van der Waals surface area contributed by atoms with Crippen molar-refractivity contribution < 1.29 is 0 Å². The molecule has 0 heteroatoms. The molecule has 0 spiro atoms. The van der Waals surface area contributed by atoms with Crippen molar-refractivity contribution in [3.63, 3.8) is 0 Å². The number of hydrogen-bond acceptors (Lipinski definition) is 0. The fourth-order valence-electron chi connectivity index (χ4n) is 1.12. The van der Waals surface area contributed by atoms with E-state index in [1.165, 1.54) is 25.7 Å². The summed E-state index contributed by atoms with van der Waals surface area (Å²) in [4.78, 5) is 0. The van der Waals surface area contributed by atoms with E-state index in [4.69, 9.17) is 0 Å². The Bertz CT molecular complexity index is 167. The standard InChI is InChI=1S/C14H28/c1-7-8-9-10-11-12-14(5,6)13(2,3)4/h10-11H,7-9,12H2,1-6H3/b11-10+. The molecule has 0 aliphatic rings. The zero-order chi connectivity index (χ0) is 11.2. The fraction of sp³-hybridized carbons (Fsp3) is 0.857. The maximum absolute atomic E-state index is 2.36. The van der Waals surface area contributed by atoms with Gasteiger partial charge in [0, 0.05) is 0 Å². The Morgan fingerprint density at radius 1 is 0.929 bits per heavy atom. The van der Waals surface area contributed by atoms with Gasteiger partial charge in [0.05, 0.1) is 0 Å². The third-order valence-corrected chi connectivity index (χ3v) is 3.55. The van der Waals surface area contributed by atoms with Crippen molar-refractivity contribution >= 4 is 0 Å². The minimum atomic E-state index is 0.391. The number of rotatable bonds is 5. The van der Waals surface area contributed by atoms with Crippen LogP contribution in [0.2, 0.25) is 0 Å². The molecule has 0 aromatic heterocycles. The second-order valence-corrected chi connectivity index (χ2v) is 5.95. The molecule has 0 saturated heterocycles. The van der Waals surface area contributed by atoms with Crippen LogP contribution in [0.5, 0.6) is 0 Å². The largest absolute Gasteiger partial charge is 0.0885 e. The number of hydrogen-bond donors (Lipinski definition) is 0. The van der Waals surface area contributed by atoms with Crippen molar-refractivity contribution in [3.05, 3.63) is 12.2 Å². The molecule has 0 fully saturated rings. The first-order chi connectivity index (χ1) is 6.31. The van der Waals surface area contributed by atoms with Crippen molar-refractivity contribution in [1.29, 1.82) is 0 Å². The van der Waals surface area contributed by atoms with E-state index in [1.54, 1.807) is 0 Å². The molecule has 0 amide bonds. The quantitative estimate of drug-likeness (QED) is 0.419. The van der Waals surface area contributed by atoms with E-state index in [0.717, 1.165) is 0 Å². The van der Waals surface area contributed by atoms with Crippen molar-refractivity contribution in [2.24, 2.45) is 10.8 Å². The summed E-state index contributed by atoms with van der Waals surface area (Å²) in [5, 5.41) is 0. The van der Waals surface area contributed by atoms with Crippen LogP contribution in [0.25, 0.3) is 0 Å². The van der Waals surface area contributed by atoms with Crippen LogP contribution in [0.3, 0.4) is 0 Å². The van der Waals surface area contributed by atoms with Crippen molar-refractivity contribution in [1.82, 2.24) is 0 Å². The molecule has 0 bridgehead atoms. The summed E-state index contributed by atoms with van der Waals surface area (Å²) in [7, 11) is 0. The van der Waals surface area contributed by atoms with Gasteiger partial charge in [-0.25, -0.2) is 0 Å². The highest BCUT2D eigenvalue weighted by atomic mass is 14.4. The SMILES string of the molecule is CCCC/C=C/CC(C)(C)C(C)(C)C. The van der Waals surface area contributed by atoms with Gasteiger partial charge in [-0.15, -0.1) is 0 Å². The van der Waals surface area contributed by atoms with Crippen molar-refractivity contribution in [3.8, 4) is 0 Å². The van der Waals surface area contributed by atoms with Gasteiger partial charge in [0.2, 0.25) is 0 Å². The van der Waals surface area contributed by atoms with E-state index in [0.29, 0.717) is 10.8 Å². The van der Waals surface area contributed by atoms with Gasteiger partial charge >= 0.3 is 0 Å². The highest BCUT2D eigenvalue weighted by Gasteiger charge is 2.31. The Morgan fingerprint density at radius 2 is 1.50 bits per heavy atom.